The van der Waals surface area contributed by atoms with Crippen LogP contribution in [0.3, 0.4) is 0 Å². The Balaban J connectivity index is 0.000000257. The summed E-state index contributed by atoms with van der Waals surface area (Å²) in [5.41, 5.74) is 1.38. The Labute approximate surface area is 118 Å². The fraction of sp³-hybridized carbons (Fsp3) is 0.111. The van der Waals surface area contributed by atoms with E-state index in [2.05, 4.69) is 61.5 Å². The fourth-order valence-electron chi connectivity index (χ4n) is 2.28. The van der Waals surface area contributed by atoms with Crippen LogP contribution in [0.2, 0.25) is 0 Å². The summed E-state index contributed by atoms with van der Waals surface area (Å²) in [4.78, 5) is 0. The van der Waals surface area contributed by atoms with Gasteiger partial charge < -0.3 is 0 Å². The van der Waals surface area contributed by atoms with Gasteiger partial charge in [-0.15, -0.1) is 0 Å². The molecule has 0 aromatic heterocycles. The number of nitriles is 2. The zero-order valence-electron chi connectivity index (χ0n) is 11.3. The molecular weight excluding hydrogens is 244 g/mol. The molecule has 0 saturated carbocycles. The van der Waals surface area contributed by atoms with Gasteiger partial charge in [0.15, 0.2) is 0 Å². The van der Waals surface area contributed by atoms with Crippen LogP contribution in [-0.4, -0.2) is 0 Å². The fourth-order valence-corrected chi connectivity index (χ4v) is 2.28. The molecule has 0 atom stereocenters. The lowest BCUT2D eigenvalue weighted by molar-refractivity contribution is 1.33. The number of nitrogens with zero attached hydrogens (tertiary/aromatic N) is 2. The quantitative estimate of drug-likeness (QED) is 0.547. The maximum absolute atomic E-state index is 7.59. The number of fused-ring (bicyclic) bond motifs is 2. The van der Waals surface area contributed by atoms with Crippen molar-refractivity contribution in [1.29, 1.82) is 10.5 Å². The highest BCUT2D eigenvalue weighted by Crippen LogP contribution is 2.27. The van der Waals surface area contributed by atoms with Crippen molar-refractivity contribution in [1.82, 2.24) is 0 Å². The summed E-state index contributed by atoms with van der Waals surface area (Å²) in [6.07, 6.45) is 0. The molecule has 2 nitrogen and oxygen atoms in total. The molecule has 0 N–H and O–H groups in total. The van der Waals surface area contributed by atoms with Crippen LogP contribution in [0.1, 0.15) is 12.0 Å². The Hall–Kier alpha value is -2.84. The number of aryl methyl sites for hydroxylation is 1. The van der Waals surface area contributed by atoms with Crippen LogP contribution in [0, 0.1) is 29.6 Å². The predicted molar refractivity (Wildman–Crippen MR) is 82.0 cm³/mol. The van der Waals surface area contributed by atoms with Gasteiger partial charge >= 0.3 is 0 Å². The summed E-state index contributed by atoms with van der Waals surface area (Å²) in [6.45, 7) is 2.20. The molecule has 3 aromatic rings. The molecule has 0 aliphatic carbocycles. The Kier molecular flexibility index (Phi) is 4.32. The molecule has 0 spiro atoms. The van der Waals surface area contributed by atoms with Gasteiger partial charge in [-0.1, -0.05) is 48.5 Å². The summed E-state index contributed by atoms with van der Waals surface area (Å²) in [6, 6.07) is 22.7. The van der Waals surface area contributed by atoms with Gasteiger partial charge in [-0.3, -0.25) is 0 Å². The molecule has 0 aliphatic rings. The molecule has 20 heavy (non-hydrogen) atoms. The van der Waals surface area contributed by atoms with Crippen molar-refractivity contribution in [3.05, 3.63) is 60.2 Å². The topological polar surface area (TPSA) is 47.6 Å². The minimum atomic E-state index is 0. The lowest BCUT2D eigenvalue weighted by Gasteiger charge is -2.06. The van der Waals surface area contributed by atoms with E-state index < -0.39 is 0 Å². The molecule has 0 saturated heterocycles. The summed E-state index contributed by atoms with van der Waals surface area (Å²) >= 11 is 0. The molecule has 0 bridgehead atoms. The SMILES string of the molecule is Cc1c2ccccc2cc2ccccc12.N#CCC#N. The normalized spacial score (nSPS) is 9.35. The molecule has 0 amide bonds. The summed E-state index contributed by atoms with van der Waals surface area (Å²) in [7, 11) is 0. The molecular formula is C18H14N2. The highest BCUT2D eigenvalue weighted by atomic mass is 14.3. The third-order valence-corrected chi connectivity index (χ3v) is 3.20. The van der Waals surface area contributed by atoms with E-state index in [0.29, 0.717) is 0 Å². The van der Waals surface area contributed by atoms with Crippen molar-refractivity contribution in [2.45, 2.75) is 13.3 Å². The summed E-state index contributed by atoms with van der Waals surface area (Å²) < 4.78 is 0. The van der Waals surface area contributed by atoms with Gasteiger partial charge in [-0.05, 0) is 40.1 Å². The zero-order valence-corrected chi connectivity index (χ0v) is 11.3. The van der Waals surface area contributed by atoms with E-state index in [0.717, 1.165) is 0 Å². The van der Waals surface area contributed by atoms with Gasteiger partial charge in [-0.25, -0.2) is 0 Å². The van der Waals surface area contributed by atoms with Crippen molar-refractivity contribution in [2.75, 3.05) is 0 Å². The maximum atomic E-state index is 7.59. The van der Waals surface area contributed by atoms with Crippen molar-refractivity contribution in [3.8, 4) is 12.1 Å². The van der Waals surface area contributed by atoms with E-state index >= 15 is 0 Å². The van der Waals surface area contributed by atoms with Crippen LogP contribution in [0.4, 0.5) is 0 Å². The second-order valence-corrected chi connectivity index (χ2v) is 4.44. The third kappa shape index (κ3) is 2.76. The predicted octanol–water partition coefficient (Wildman–Crippen LogP) is 4.73. The number of rotatable bonds is 0. The van der Waals surface area contributed by atoms with E-state index in [1.807, 2.05) is 0 Å². The van der Waals surface area contributed by atoms with Gasteiger partial charge in [0.05, 0.1) is 12.1 Å². The largest absolute Gasteiger partial charge is 0.197 e. The number of hydrogen-bond donors (Lipinski definition) is 0. The number of benzene rings is 3. The second kappa shape index (κ2) is 6.36. The molecule has 0 aliphatic heterocycles. The van der Waals surface area contributed by atoms with Crippen molar-refractivity contribution < 1.29 is 0 Å². The monoisotopic (exact) mass is 258 g/mol. The van der Waals surface area contributed by atoms with Gasteiger partial charge in [0.1, 0.15) is 6.42 Å². The first-order valence-corrected chi connectivity index (χ1v) is 6.39. The second-order valence-electron chi connectivity index (χ2n) is 4.44. The van der Waals surface area contributed by atoms with Crippen LogP contribution in [0.15, 0.2) is 54.6 Å². The van der Waals surface area contributed by atoms with E-state index in [9.17, 15) is 0 Å². The highest BCUT2D eigenvalue weighted by molar-refractivity contribution is 6.01. The molecule has 0 unspecified atom stereocenters. The first-order chi connectivity index (χ1) is 9.77. The maximum Gasteiger partial charge on any atom is 0.122 e. The third-order valence-electron chi connectivity index (χ3n) is 3.20. The van der Waals surface area contributed by atoms with E-state index in [1.165, 1.54) is 27.1 Å². The number of hydrogen-bond acceptors (Lipinski definition) is 2. The highest BCUT2D eigenvalue weighted by Gasteiger charge is 2.01. The van der Waals surface area contributed by atoms with Crippen molar-refractivity contribution in [2.24, 2.45) is 0 Å². The molecule has 0 radical (unpaired) electrons. The lowest BCUT2D eigenvalue weighted by atomic mass is 9.98. The molecule has 3 aromatic carbocycles. The van der Waals surface area contributed by atoms with Crippen LogP contribution in [0.5, 0.6) is 0 Å². The first-order valence-electron chi connectivity index (χ1n) is 6.39. The van der Waals surface area contributed by atoms with Gasteiger partial charge in [-0.2, -0.15) is 10.5 Å². The van der Waals surface area contributed by atoms with Gasteiger partial charge in [0, 0.05) is 0 Å². The van der Waals surface area contributed by atoms with Crippen molar-refractivity contribution in [3.63, 3.8) is 0 Å². The van der Waals surface area contributed by atoms with E-state index in [4.69, 9.17) is 10.5 Å². The molecule has 96 valence electrons. The van der Waals surface area contributed by atoms with Gasteiger partial charge in [0.25, 0.3) is 0 Å². The molecule has 0 heterocycles. The summed E-state index contributed by atoms with van der Waals surface area (Å²) in [5.74, 6) is 0. The van der Waals surface area contributed by atoms with Gasteiger partial charge in [0.2, 0.25) is 0 Å². The Morgan fingerprint density at radius 3 is 1.65 bits per heavy atom. The van der Waals surface area contributed by atoms with E-state index in [-0.39, 0.29) is 6.42 Å². The lowest BCUT2D eigenvalue weighted by Crippen LogP contribution is -1.81. The van der Waals surface area contributed by atoms with Crippen LogP contribution in [-0.2, 0) is 0 Å². The van der Waals surface area contributed by atoms with Crippen LogP contribution < -0.4 is 0 Å². The van der Waals surface area contributed by atoms with Crippen LogP contribution in [0.25, 0.3) is 21.5 Å². The Morgan fingerprint density at radius 1 is 0.800 bits per heavy atom. The minimum absolute atomic E-state index is 0. The Morgan fingerprint density at radius 2 is 1.25 bits per heavy atom. The summed E-state index contributed by atoms with van der Waals surface area (Å²) in [5, 5.41) is 20.6. The van der Waals surface area contributed by atoms with E-state index in [1.54, 1.807) is 12.1 Å². The van der Waals surface area contributed by atoms with Crippen LogP contribution >= 0.6 is 0 Å². The average molecular weight is 258 g/mol. The average Bonchev–Trinajstić information content (AvgIpc) is 2.49. The van der Waals surface area contributed by atoms with Crippen molar-refractivity contribution >= 4 is 21.5 Å². The smallest absolute Gasteiger partial charge is 0.122 e. The first kappa shape index (κ1) is 13.6. The standard InChI is InChI=1S/C15H12.C3H2N2/c1-11-14-8-4-2-6-12(14)10-13-7-3-5-9-15(11)13;4-2-1-3-5/h2-10H,1H3;1H2. The Bertz CT molecular complexity index is 754. The zero-order chi connectivity index (χ0) is 14.4. The minimum Gasteiger partial charge on any atom is -0.197 e. The molecule has 3 rings (SSSR count). The molecule has 2 heteroatoms. The molecule has 0 fully saturated rings.